The van der Waals surface area contributed by atoms with Crippen LogP contribution in [0, 0.1) is 9.39 Å². The van der Waals surface area contributed by atoms with E-state index in [0.29, 0.717) is 15.8 Å². The van der Waals surface area contributed by atoms with E-state index in [1.165, 1.54) is 6.07 Å². The maximum atomic E-state index is 13.2. The summed E-state index contributed by atoms with van der Waals surface area (Å²) in [5.41, 5.74) is 7.73. The molecule has 0 heterocycles. The lowest BCUT2D eigenvalue weighted by molar-refractivity contribution is 0.622. The number of nitrogens with one attached hydrogen (secondary N) is 1. The van der Waals surface area contributed by atoms with Crippen LogP contribution in [0.1, 0.15) is 0 Å². The van der Waals surface area contributed by atoms with Crippen molar-refractivity contribution < 1.29 is 4.39 Å². The predicted molar refractivity (Wildman–Crippen MR) is 81.0 cm³/mol. The molecule has 2 aromatic carbocycles. The van der Waals surface area contributed by atoms with E-state index in [4.69, 9.17) is 5.73 Å². The van der Waals surface area contributed by atoms with Crippen LogP contribution in [0.3, 0.4) is 0 Å². The Bertz CT molecular complexity index is 560. The van der Waals surface area contributed by atoms with Gasteiger partial charge in [0, 0.05) is 15.3 Å². The molecule has 2 nitrogen and oxygen atoms in total. The van der Waals surface area contributed by atoms with E-state index in [1.807, 2.05) is 24.3 Å². The Morgan fingerprint density at radius 1 is 1.24 bits per heavy atom. The normalized spacial score (nSPS) is 10.3. The van der Waals surface area contributed by atoms with Crippen LogP contribution in [0.15, 0.2) is 40.9 Å². The molecule has 17 heavy (non-hydrogen) atoms. The molecule has 0 aliphatic rings. The first kappa shape index (κ1) is 12.6. The Morgan fingerprint density at radius 3 is 2.71 bits per heavy atom. The number of hydrogen-bond donors (Lipinski definition) is 2. The molecule has 0 unspecified atom stereocenters. The summed E-state index contributed by atoms with van der Waals surface area (Å²) in [6.45, 7) is 0. The molecule has 0 aromatic heterocycles. The second kappa shape index (κ2) is 5.22. The summed E-state index contributed by atoms with van der Waals surface area (Å²) in [7, 11) is 0. The minimum Gasteiger partial charge on any atom is -0.397 e. The summed E-state index contributed by atoms with van der Waals surface area (Å²) in [4.78, 5) is 0. The lowest BCUT2D eigenvalue weighted by atomic mass is 10.2. The second-order valence-electron chi connectivity index (χ2n) is 3.49. The zero-order valence-electron chi connectivity index (χ0n) is 8.68. The number of nitrogens with two attached hydrogens (primary N) is 1. The summed E-state index contributed by atoms with van der Waals surface area (Å²) in [5.74, 6) is -0.365. The van der Waals surface area contributed by atoms with E-state index in [-0.39, 0.29) is 5.82 Å². The van der Waals surface area contributed by atoms with Crippen molar-refractivity contribution in [1.82, 2.24) is 0 Å². The number of anilines is 3. The highest BCUT2D eigenvalue weighted by Crippen LogP contribution is 2.29. The van der Waals surface area contributed by atoms with Gasteiger partial charge in [-0.3, -0.25) is 0 Å². The summed E-state index contributed by atoms with van der Waals surface area (Å²) in [5, 5.41) is 3.15. The highest BCUT2D eigenvalue weighted by molar-refractivity contribution is 14.1. The Hall–Kier alpha value is -0.820. The maximum Gasteiger partial charge on any atom is 0.139 e. The quantitative estimate of drug-likeness (QED) is 0.568. The van der Waals surface area contributed by atoms with Gasteiger partial charge in [0.15, 0.2) is 0 Å². The molecule has 2 rings (SSSR count). The molecule has 0 aliphatic carbocycles. The second-order valence-corrected chi connectivity index (χ2v) is 5.59. The lowest BCUT2D eigenvalue weighted by Gasteiger charge is -2.10. The molecule has 88 valence electrons. The summed E-state index contributed by atoms with van der Waals surface area (Å²) in [6, 6.07) is 10.8. The molecule has 0 amide bonds. The average Bonchev–Trinajstić information content (AvgIpc) is 2.26. The molecule has 0 spiro atoms. The van der Waals surface area contributed by atoms with Crippen LogP contribution in [0.5, 0.6) is 0 Å². The molecule has 0 radical (unpaired) electrons. The van der Waals surface area contributed by atoms with Gasteiger partial charge in [-0.15, -0.1) is 0 Å². The van der Waals surface area contributed by atoms with Crippen LogP contribution < -0.4 is 11.1 Å². The number of benzene rings is 2. The third kappa shape index (κ3) is 3.10. The lowest BCUT2D eigenvalue weighted by Crippen LogP contribution is -1.97. The Balaban J connectivity index is 2.33. The Labute approximate surface area is 121 Å². The molecule has 0 bridgehead atoms. The van der Waals surface area contributed by atoms with Crippen LogP contribution in [-0.2, 0) is 0 Å². The summed E-state index contributed by atoms with van der Waals surface area (Å²) < 4.78 is 14.7. The molecule has 0 saturated heterocycles. The Morgan fingerprint density at radius 2 is 2.00 bits per heavy atom. The van der Waals surface area contributed by atoms with Crippen LogP contribution in [-0.4, -0.2) is 0 Å². The van der Waals surface area contributed by atoms with Crippen molar-refractivity contribution in [2.75, 3.05) is 11.1 Å². The zero-order valence-corrected chi connectivity index (χ0v) is 12.4. The number of nitrogen functional groups attached to an aromatic ring is 1. The van der Waals surface area contributed by atoms with Crippen LogP contribution in [0.25, 0.3) is 0 Å². The van der Waals surface area contributed by atoms with Gasteiger partial charge in [0.05, 0.1) is 15.8 Å². The molecule has 0 atom stereocenters. The third-order valence-corrected chi connectivity index (χ3v) is 3.47. The van der Waals surface area contributed by atoms with Gasteiger partial charge in [-0.05, 0) is 62.8 Å². The molecular formula is C12H9BrFIN2. The molecular weight excluding hydrogens is 398 g/mol. The first-order valence-corrected chi connectivity index (χ1v) is 6.70. The van der Waals surface area contributed by atoms with E-state index in [1.54, 1.807) is 6.07 Å². The zero-order chi connectivity index (χ0) is 12.4. The predicted octanol–water partition coefficient (Wildman–Crippen LogP) is 4.52. The number of rotatable bonds is 2. The molecule has 0 saturated carbocycles. The van der Waals surface area contributed by atoms with Gasteiger partial charge in [-0.25, -0.2) is 4.39 Å². The summed E-state index contributed by atoms with van der Waals surface area (Å²) in [6.07, 6.45) is 0. The fraction of sp³-hybridized carbons (Fsp3) is 0. The van der Waals surface area contributed by atoms with E-state index in [9.17, 15) is 4.39 Å². The molecule has 0 aliphatic heterocycles. The smallest absolute Gasteiger partial charge is 0.139 e. The van der Waals surface area contributed by atoms with Gasteiger partial charge < -0.3 is 11.1 Å². The van der Waals surface area contributed by atoms with Crippen molar-refractivity contribution in [3.05, 3.63) is 50.3 Å². The SMILES string of the molecule is Nc1cc(F)c(Br)cc1Nc1cccc(I)c1. The largest absolute Gasteiger partial charge is 0.397 e. The van der Waals surface area contributed by atoms with Gasteiger partial charge in [0.1, 0.15) is 5.82 Å². The fourth-order valence-corrected chi connectivity index (χ4v) is 2.28. The minimum absolute atomic E-state index is 0.365. The molecule has 2 aromatic rings. The van der Waals surface area contributed by atoms with Gasteiger partial charge in [0.25, 0.3) is 0 Å². The van der Waals surface area contributed by atoms with Crippen LogP contribution in [0.2, 0.25) is 0 Å². The van der Waals surface area contributed by atoms with E-state index < -0.39 is 0 Å². The first-order valence-electron chi connectivity index (χ1n) is 4.83. The highest BCUT2D eigenvalue weighted by Gasteiger charge is 2.06. The van der Waals surface area contributed by atoms with Gasteiger partial charge in [-0.2, -0.15) is 0 Å². The first-order chi connectivity index (χ1) is 8.06. The Kier molecular flexibility index (Phi) is 3.88. The van der Waals surface area contributed by atoms with Crippen molar-refractivity contribution in [3.63, 3.8) is 0 Å². The van der Waals surface area contributed by atoms with Crippen LogP contribution in [0.4, 0.5) is 21.5 Å². The molecule has 3 N–H and O–H groups in total. The van der Waals surface area contributed by atoms with Crippen molar-refractivity contribution >= 4 is 55.6 Å². The van der Waals surface area contributed by atoms with Crippen molar-refractivity contribution in [3.8, 4) is 0 Å². The van der Waals surface area contributed by atoms with E-state index in [2.05, 4.69) is 43.8 Å². The minimum atomic E-state index is -0.365. The van der Waals surface area contributed by atoms with Crippen LogP contribution >= 0.6 is 38.5 Å². The summed E-state index contributed by atoms with van der Waals surface area (Å²) >= 11 is 5.36. The highest BCUT2D eigenvalue weighted by atomic mass is 127. The van der Waals surface area contributed by atoms with Gasteiger partial charge >= 0.3 is 0 Å². The maximum absolute atomic E-state index is 13.2. The number of halogens is 3. The van der Waals surface area contributed by atoms with Gasteiger partial charge in [0.2, 0.25) is 0 Å². The number of hydrogen-bond acceptors (Lipinski definition) is 2. The third-order valence-electron chi connectivity index (χ3n) is 2.20. The monoisotopic (exact) mass is 406 g/mol. The van der Waals surface area contributed by atoms with Gasteiger partial charge in [-0.1, -0.05) is 6.07 Å². The molecule has 0 fully saturated rings. The molecule has 5 heteroatoms. The topological polar surface area (TPSA) is 38.0 Å². The average molecular weight is 407 g/mol. The van der Waals surface area contributed by atoms with E-state index in [0.717, 1.165) is 9.26 Å². The van der Waals surface area contributed by atoms with E-state index >= 15 is 0 Å². The van der Waals surface area contributed by atoms with Crippen molar-refractivity contribution in [1.29, 1.82) is 0 Å². The standard InChI is InChI=1S/C12H9BrFIN2/c13-9-5-12(11(16)6-10(9)14)17-8-3-1-2-7(15)4-8/h1-6,17H,16H2. The fourth-order valence-electron chi connectivity index (χ4n) is 1.39. The van der Waals surface area contributed by atoms with Crippen molar-refractivity contribution in [2.45, 2.75) is 0 Å². The van der Waals surface area contributed by atoms with Crippen molar-refractivity contribution in [2.24, 2.45) is 0 Å².